The lowest BCUT2D eigenvalue weighted by Crippen LogP contribution is -2.41. The fourth-order valence-corrected chi connectivity index (χ4v) is 2.82. The van der Waals surface area contributed by atoms with Crippen molar-refractivity contribution in [2.45, 2.75) is 11.8 Å². The molecule has 2 amide bonds. The first-order valence-electron chi connectivity index (χ1n) is 7.74. The van der Waals surface area contributed by atoms with Gasteiger partial charge in [-0.3, -0.25) is 20.4 Å². The SMILES string of the molecule is CCOc1ccc(C(=O)NNC(=O)c2cccc(S(=O)(=O)NC)c2)cc1. The van der Waals surface area contributed by atoms with E-state index < -0.39 is 21.8 Å². The summed E-state index contributed by atoms with van der Waals surface area (Å²) in [5, 5.41) is 0. The standard InChI is InChI=1S/C17H19N3O5S/c1-3-25-14-9-7-12(8-10-14)16(21)19-20-17(22)13-5-4-6-15(11-13)26(23,24)18-2/h4-11,18H,3H2,1-2H3,(H,19,21)(H,20,22). The summed E-state index contributed by atoms with van der Waals surface area (Å²) < 4.78 is 31.0. The Morgan fingerprint density at radius 3 is 2.15 bits per heavy atom. The average molecular weight is 377 g/mol. The van der Waals surface area contributed by atoms with Crippen LogP contribution >= 0.6 is 0 Å². The van der Waals surface area contributed by atoms with Crippen LogP contribution in [0.2, 0.25) is 0 Å². The zero-order chi connectivity index (χ0) is 19.2. The van der Waals surface area contributed by atoms with Crippen molar-refractivity contribution in [2.24, 2.45) is 0 Å². The second-order valence-electron chi connectivity index (χ2n) is 5.10. The van der Waals surface area contributed by atoms with Crippen LogP contribution in [-0.2, 0) is 10.0 Å². The van der Waals surface area contributed by atoms with Crippen molar-refractivity contribution in [3.8, 4) is 5.75 Å². The number of hydrazine groups is 1. The van der Waals surface area contributed by atoms with E-state index >= 15 is 0 Å². The molecule has 2 aromatic carbocycles. The van der Waals surface area contributed by atoms with Crippen LogP contribution in [0.4, 0.5) is 0 Å². The van der Waals surface area contributed by atoms with Gasteiger partial charge in [-0.05, 0) is 56.4 Å². The smallest absolute Gasteiger partial charge is 0.269 e. The second kappa shape index (κ2) is 8.45. The van der Waals surface area contributed by atoms with Gasteiger partial charge in [0.15, 0.2) is 0 Å². The minimum absolute atomic E-state index is 0.0505. The average Bonchev–Trinajstić information content (AvgIpc) is 2.66. The molecule has 8 nitrogen and oxygen atoms in total. The maximum atomic E-state index is 12.1. The van der Waals surface area contributed by atoms with Crippen LogP contribution in [-0.4, -0.2) is 33.9 Å². The predicted molar refractivity (Wildman–Crippen MR) is 95.2 cm³/mol. The first-order chi connectivity index (χ1) is 12.4. The topological polar surface area (TPSA) is 114 Å². The van der Waals surface area contributed by atoms with E-state index in [1.807, 2.05) is 6.92 Å². The van der Waals surface area contributed by atoms with Crippen molar-refractivity contribution < 1.29 is 22.7 Å². The van der Waals surface area contributed by atoms with E-state index in [0.29, 0.717) is 17.9 Å². The third kappa shape index (κ3) is 4.80. The van der Waals surface area contributed by atoms with Crippen molar-refractivity contribution in [1.29, 1.82) is 0 Å². The third-order valence-corrected chi connectivity index (χ3v) is 4.80. The maximum absolute atomic E-state index is 12.1. The molecule has 0 aliphatic rings. The van der Waals surface area contributed by atoms with Gasteiger partial charge in [0.2, 0.25) is 10.0 Å². The van der Waals surface area contributed by atoms with E-state index in [1.54, 1.807) is 24.3 Å². The summed E-state index contributed by atoms with van der Waals surface area (Å²) in [6, 6.07) is 11.9. The highest BCUT2D eigenvalue weighted by atomic mass is 32.2. The van der Waals surface area contributed by atoms with Gasteiger partial charge in [0, 0.05) is 11.1 Å². The highest BCUT2D eigenvalue weighted by Crippen LogP contribution is 2.12. The lowest BCUT2D eigenvalue weighted by atomic mass is 10.2. The molecule has 0 fully saturated rings. The Labute approximate surface area is 151 Å². The highest BCUT2D eigenvalue weighted by Gasteiger charge is 2.15. The summed E-state index contributed by atoms with van der Waals surface area (Å²) in [5.41, 5.74) is 4.95. The lowest BCUT2D eigenvalue weighted by molar-refractivity contribution is 0.0846. The van der Waals surface area contributed by atoms with Gasteiger partial charge in [-0.15, -0.1) is 0 Å². The largest absolute Gasteiger partial charge is 0.494 e. The lowest BCUT2D eigenvalue weighted by Gasteiger charge is -2.09. The molecular formula is C17H19N3O5S. The molecule has 0 aliphatic heterocycles. The second-order valence-corrected chi connectivity index (χ2v) is 6.99. The molecule has 0 spiro atoms. The van der Waals surface area contributed by atoms with Crippen LogP contribution < -0.4 is 20.3 Å². The zero-order valence-corrected chi connectivity index (χ0v) is 15.1. The molecule has 0 aliphatic carbocycles. The molecule has 0 saturated heterocycles. The zero-order valence-electron chi connectivity index (χ0n) is 14.3. The fourth-order valence-electron chi connectivity index (χ4n) is 2.05. The van der Waals surface area contributed by atoms with Crippen molar-refractivity contribution in [1.82, 2.24) is 15.6 Å². The van der Waals surface area contributed by atoms with E-state index in [0.717, 1.165) is 0 Å². The van der Waals surface area contributed by atoms with Crippen LogP contribution in [0, 0.1) is 0 Å². The molecule has 3 N–H and O–H groups in total. The van der Waals surface area contributed by atoms with Gasteiger partial charge < -0.3 is 4.74 Å². The number of rotatable bonds is 6. The first-order valence-corrected chi connectivity index (χ1v) is 9.23. The summed E-state index contributed by atoms with van der Waals surface area (Å²) in [6.07, 6.45) is 0. The van der Waals surface area contributed by atoms with Crippen LogP contribution in [0.5, 0.6) is 5.75 Å². The monoisotopic (exact) mass is 377 g/mol. The summed E-state index contributed by atoms with van der Waals surface area (Å²) in [5.74, 6) is -0.520. The summed E-state index contributed by atoms with van der Waals surface area (Å²) in [7, 11) is -2.39. The highest BCUT2D eigenvalue weighted by molar-refractivity contribution is 7.89. The molecule has 0 saturated carbocycles. The Hall–Kier alpha value is -2.91. The summed E-state index contributed by atoms with van der Waals surface area (Å²) >= 11 is 0. The van der Waals surface area contributed by atoms with Crippen LogP contribution in [0.25, 0.3) is 0 Å². The number of carbonyl (C=O) groups is 2. The summed E-state index contributed by atoms with van der Waals surface area (Å²) in [6.45, 7) is 2.37. The van der Waals surface area contributed by atoms with Gasteiger partial charge in [0.05, 0.1) is 11.5 Å². The molecule has 0 heterocycles. The van der Waals surface area contributed by atoms with Gasteiger partial charge in [-0.2, -0.15) is 0 Å². The van der Waals surface area contributed by atoms with Crippen LogP contribution in [0.3, 0.4) is 0 Å². The molecular weight excluding hydrogens is 358 g/mol. The van der Waals surface area contributed by atoms with Gasteiger partial charge in [0.25, 0.3) is 11.8 Å². The van der Waals surface area contributed by atoms with Gasteiger partial charge >= 0.3 is 0 Å². The number of benzene rings is 2. The van der Waals surface area contributed by atoms with Gasteiger partial charge in [0.1, 0.15) is 5.75 Å². The van der Waals surface area contributed by atoms with Crippen molar-refractivity contribution in [3.05, 3.63) is 59.7 Å². The minimum Gasteiger partial charge on any atom is -0.494 e. The number of ether oxygens (including phenoxy) is 1. The molecule has 0 radical (unpaired) electrons. The molecule has 2 aromatic rings. The molecule has 138 valence electrons. The Balaban J connectivity index is 2.02. The Morgan fingerprint density at radius 1 is 0.962 bits per heavy atom. The molecule has 2 rings (SSSR count). The quantitative estimate of drug-likeness (QED) is 0.652. The molecule has 0 unspecified atom stereocenters. The number of amides is 2. The van der Waals surface area contributed by atoms with E-state index in [4.69, 9.17) is 4.74 Å². The number of sulfonamides is 1. The Bertz CT molecular complexity index is 895. The van der Waals surface area contributed by atoms with Crippen LogP contribution in [0.15, 0.2) is 53.4 Å². The van der Waals surface area contributed by atoms with Crippen molar-refractivity contribution >= 4 is 21.8 Å². The predicted octanol–water partition coefficient (Wildman–Crippen LogP) is 1.07. The number of hydrogen-bond acceptors (Lipinski definition) is 5. The van der Waals surface area contributed by atoms with Crippen molar-refractivity contribution in [2.75, 3.05) is 13.7 Å². The first kappa shape index (κ1) is 19.4. The molecule has 26 heavy (non-hydrogen) atoms. The van der Waals surface area contributed by atoms with Gasteiger partial charge in [-0.1, -0.05) is 6.07 Å². The minimum atomic E-state index is -3.67. The number of nitrogens with one attached hydrogen (secondary N) is 3. The van der Waals surface area contributed by atoms with E-state index in [-0.39, 0.29) is 10.5 Å². The molecule has 0 bridgehead atoms. The molecule has 0 aromatic heterocycles. The van der Waals surface area contributed by atoms with Crippen LogP contribution in [0.1, 0.15) is 27.6 Å². The van der Waals surface area contributed by atoms with Gasteiger partial charge in [-0.25, -0.2) is 13.1 Å². The number of carbonyl (C=O) groups excluding carboxylic acids is 2. The fraction of sp³-hybridized carbons (Fsp3) is 0.176. The third-order valence-electron chi connectivity index (χ3n) is 3.39. The molecule has 9 heteroatoms. The normalized spacial score (nSPS) is 10.8. The Morgan fingerprint density at radius 2 is 1.58 bits per heavy atom. The van der Waals surface area contributed by atoms with E-state index in [1.165, 1.54) is 31.3 Å². The maximum Gasteiger partial charge on any atom is 0.269 e. The van der Waals surface area contributed by atoms with E-state index in [9.17, 15) is 18.0 Å². The van der Waals surface area contributed by atoms with E-state index in [2.05, 4.69) is 15.6 Å². The number of hydrogen-bond donors (Lipinski definition) is 3. The Kier molecular flexibility index (Phi) is 6.31. The van der Waals surface area contributed by atoms with Crippen molar-refractivity contribution in [3.63, 3.8) is 0 Å². The summed E-state index contributed by atoms with van der Waals surface area (Å²) in [4.78, 5) is 24.1. The molecule has 0 atom stereocenters.